The van der Waals surface area contributed by atoms with Gasteiger partial charge in [-0.05, 0) is 49.4 Å². The molecule has 1 aliphatic carbocycles. The number of aromatic amines is 1. The average Bonchev–Trinajstić information content (AvgIpc) is 3.54. The molecular weight excluding hydrogens is 534 g/mol. The highest BCUT2D eigenvalue weighted by Crippen LogP contribution is 2.47. The Morgan fingerprint density at radius 3 is 2.58 bits per heavy atom. The second-order valence-corrected chi connectivity index (χ2v) is 10.6. The lowest BCUT2D eigenvalue weighted by atomic mass is 9.68. The number of nitrogens with one attached hydrogen (secondary N) is 1. The van der Waals surface area contributed by atoms with Gasteiger partial charge in [0.1, 0.15) is 5.82 Å². The number of H-pyrrole nitrogens is 1. The highest BCUT2D eigenvalue weighted by atomic mass is 35.5. The van der Waals surface area contributed by atoms with Crippen LogP contribution >= 0.6 is 23.2 Å². The summed E-state index contributed by atoms with van der Waals surface area (Å²) in [6.07, 6.45) is 6.60. The van der Waals surface area contributed by atoms with E-state index in [4.69, 9.17) is 27.7 Å². The van der Waals surface area contributed by atoms with E-state index < -0.39 is 16.7 Å². The fourth-order valence-electron chi connectivity index (χ4n) is 5.49. The van der Waals surface area contributed by atoms with Crippen molar-refractivity contribution in [1.29, 1.82) is 0 Å². The van der Waals surface area contributed by atoms with Gasteiger partial charge in [0.2, 0.25) is 11.2 Å². The summed E-state index contributed by atoms with van der Waals surface area (Å²) in [7, 11) is 0. The van der Waals surface area contributed by atoms with E-state index >= 15 is 4.39 Å². The van der Waals surface area contributed by atoms with E-state index in [2.05, 4.69) is 20.1 Å². The summed E-state index contributed by atoms with van der Waals surface area (Å²) in [5, 5.41) is 4.66. The van der Waals surface area contributed by atoms with Crippen LogP contribution in [-0.4, -0.2) is 29.2 Å². The highest BCUT2D eigenvalue weighted by Gasteiger charge is 2.43. The van der Waals surface area contributed by atoms with Gasteiger partial charge in [-0.25, -0.2) is 9.18 Å². The normalized spacial score (nSPS) is 15.4. The van der Waals surface area contributed by atoms with Crippen molar-refractivity contribution < 1.29 is 8.91 Å². The number of unbranched alkanes of at least 4 members (excludes halogenated alkanes) is 1. The maximum atomic E-state index is 15.0. The Labute approximate surface area is 228 Å². The molecule has 202 valence electrons. The highest BCUT2D eigenvalue weighted by molar-refractivity contribution is 6.31. The number of benzene rings is 1. The summed E-state index contributed by atoms with van der Waals surface area (Å²) in [6, 6.07) is 4.69. The first-order chi connectivity index (χ1) is 18.4. The van der Waals surface area contributed by atoms with E-state index in [9.17, 15) is 9.59 Å². The number of fused-ring (bicyclic) bond motifs is 1. The van der Waals surface area contributed by atoms with E-state index in [0.717, 1.165) is 32.1 Å². The molecule has 12 heteroatoms. The van der Waals surface area contributed by atoms with Gasteiger partial charge in [0.15, 0.2) is 17.0 Å². The molecule has 0 aliphatic heterocycles. The monoisotopic (exact) mass is 562 g/mol. The third kappa shape index (κ3) is 4.80. The van der Waals surface area contributed by atoms with Crippen LogP contribution in [0.25, 0.3) is 11.2 Å². The SMILES string of the molecule is CCCCn1c(=O)n(CCCc2nc(C3(c4c(F)cccc4Cl)CCCCC3)no2)c(=O)c2[nH]c(Cl)nc21. The molecule has 0 bridgehead atoms. The molecule has 0 unspecified atom stereocenters. The van der Waals surface area contributed by atoms with Crippen LogP contribution in [-0.2, 0) is 24.9 Å². The van der Waals surface area contributed by atoms with Gasteiger partial charge in [-0.3, -0.25) is 13.9 Å². The zero-order valence-corrected chi connectivity index (χ0v) is 22.6. The van der Waals surface area contributed by atoms with Crippen molar-refractivity contribution in [2.45, 2.75) is 83.2 Å². The summed E-state index contributed by atoms with van der Waals surface area (Å²) >= 11 is 12.5. The maximum Gasteiger partial charge on any atom is 0.332 e. The van der Waals surface area contributed by atoms with Gasteiger partial charge in [0, 0.05) is 30.1 Å². The summed E-state index contributed by atoms with van der Waals surface area (Å²) in [5.74, 6) is 0.410. The molecule has 38 heavy (non-hydrogen) atoms. The lowest BCUT2D eigenvalue weighted by Gasteiger charge is -2.35. The van der Waals surface area contributed by atoms with Gasteiger partial charge >= 0.3 is 5.69 Å². The van der Waals surface area contributed by atoms with Crippen molar-refractivity contribution >= 4 is 34.4 Å². The Bertz CT molecular complexity index is 1550. The Balaban J connectivity index is 1.40. The van der Waals surface area contributed by atoms with E-state index in [1.807, 2.05) is 6.92 Å². The fraction of sp³-hybridized carbons (Fsp3) is 0.500. The Morgan fingerprint density at radius 1 is 1.08 bits per heavy atom. The van der Waals surface area contributed by atoms with Crippen LogP contribution in [0.1, 0.15) is 75.6 Å². The van der Waals surface area contributed by atoms with Crippen molar-refractivity contribution in [3.8, 4) is 0 Å². The zero-order valence-electron chi connectivity index (χ0n) is 21.1. The lowest BCUT2D eigenvalue weighted by Crippen LogP contribution is -2.40. The van der Waals surface area contributed by atoms with E-state index in [1.165, 1.54) is 15.2 Å². The molecule has 0 radical (unpaired) electrons. The minimum Gasteiger partial charge on any atom is -0.339 e. The molecule has 1 fully saturated rings. The third-order valence-corrected chi connectivity index (χ3v) is 7.88. The molecule has 4 aromatic rings. The predicted octanol–water partition coefficient (Wildman–Crippen LogP) is 5.40. The maximum absolute atomic E-state index is 15.0. The summed E-state index contributed by atoms with van der Waals surface area (Å²) in [6.45, 7) is 2.60. The number of nitrogens with zero attached hydrogens (tertiary/aromatic N) is 5. The molecule has 3 aromatic heterocycles. The second-order valence-electron chi connectivity index (χ2n) is 9.83. The zero-order chi connectivity index (χ0) is 26.9. The molecule has 1 aliphatic rings. The lowest BCUT2D eigenvalue weighted by molar-refractivity contribution is 0.301. The Hall–Kier alpha value is -2.98. The summed E-state index contributed by atoms with van der Waals surface area (Å²) in [5.41, 5.74) is -0.774. The smallest absolute Gasteiger partial charge is 0.332 e. The van der Waals surface area contributed by atoms with Crippen LogP contribution in [0.4, 0.5) is 4.39 Å². The van der Waals surface area contributed by atoms with Crippen LogP contribution in [0.5, 0.6) is 0 Å². The van der Waals surface area contributed by atoms with E-state index in [0.29, 0.717) is 54.5 Å². The van der Waals surface area contributed by atoms with E-state index in [-0.39, 0.29) is 28.8 Å². The average molecular weight is 563 g/mol. The van der Waals surface area contributed by atoms with Crippen LogP contribution in [0.15, 0.2) is 32.3 Å². The van der Waals surface area contributed by atoms with Gasteiger partial charge in [-0.2, -0.15) is 9.97 Å². The molecule has 0 spiro atoms. The third-order valence-electron chi connectivity index (χ3n) is 7.38. The van der Waals surface area contributed by atoms with Gasteiger partial charge < -0.3 is 9.51 Å². The second kappa shape index (κ2) is 11.0. The van der Waals surface area contributed by atoms with Crippen LogP contribution in [0.2, 0.25) is 10.3 Å². The summed E-state index contributed by atoms with van der Waals surface area (Å²) < 4.78 is 23.2. The van der Waals surface area contributed by atoms with Gasteiger partial charge in [0.05, 0.1) is 5.41 Å². The fourth-order valence-corrected chi connectivity index (χ4v) is 6.01. The Kier molecular flexibility index (Phi) is 7.72. The Morgan fingerprint density at radius 2 is 1.84 bits per heavy atom. The molecular formula is C26H29Cl2FN6O3. The number of aromatic nitrogens is 6. The standard InChI is InChI=1S/C26H29Cl2FN6O3/c1-2-3-14-34-21-20(31-24(28)32-21)22(36)35(25(34)37)15-8-11-18-30-23(33-38-18)26(12-5-4-6-13-26)19-16(27)9-7-10-17(19)29/h7,9-10H,2-6,8,11-15H2,1H3,(H,31,32). The van der Waals surface area contributed by atoms with Crippen molar-refractivity contribution in [2.24, 2.45) is 0 Å². The van der Waals surface area contributed by atoms with Gasteiger partial charge in [-0.15, -0.1) is 0 Å². The topological polar surface area (TPSA) is 112 Å². The first kappa shape index (κ1) is 26.6. The first-order valence-corrected chi connectivity index (χ1v) is 13.8. The van der Waals surface area contributed by atoms with Gasteiger partial charge in [-0.1, -0.05) is 55.4 Å². The number of aryl methyl sites for hydroxylation is 2. The number of imidazole rings is 1. The van der Waals surface area contributed by atoms with Crippen molar-refractivity contribution in [3.63, 3.8) is 0 Å². The number of rotatable bonds is 9. The first-order valence-electron chi connectivity index (χ1n) is 13.0. The molecule has 0 saturated heterocycles. The predicted molar refractivity (Wildman–Crippen MR) is 142 cm³/mol. The molecule has 1 saturated carbocycles. The molecule has 0 amide bonds. The van der Waals surface area contributed by atoms with Gasteiger partial charge in [0.25, 0.3) is 5.56 Å². The number of halogens is 3. The molecule has 5 rings (SSSR count). The van der Waals surface area contributed by atoms with Crippen LogP contribution in [0, 0.1) is 5.82 Å². The van der Waals surface area contributed by atoms with E-state index in [1.54, 1.807) is 12.1 Å². The minimum atomic E-state index is -0.753. The molecule has 3 heterocycles. The van der Waals surface area contributed by atoms with Crippen LogP contribution < -0.4 is 11.2 Å². The number of hydrogen-bond donors (Lipinski definition) is 1. The largest absolute Gasteiger partial charge is 0.339 e. The molecule has 0 atom stereocenters. The van der Waals surface area contributed by atoms with Crippen molar-refractivity contribution in [3.05, 3.63) is 72.4 Å². The quantitative estimate of drug-likeness (QED) is 0.273. The molecule has 1 aromatic carbocycles. The minimum absolute atomic E-state index is 0.0597. The van der Waals surface area contributed by atoms with Crippen molar-refractivity contribution in [2.75, 3.05) is 0 Å². The molecule has 9 nitrogen and oxygen atoms in total. The van der Waals surface area contributed by atoms with Crippen LogP contribution in [0.3, 0.4) is 0 Å². The summed E-state index contributed by atoms with van der Waals surface area (Å²) in [4.78, 5) is 37.7. The molecule has 1 N–H and O–H groups in total. The number of hydrogen-bond acceptors (Lipinski definition) is 6. The van der Waals surface area contributed by atoms with Crippen molar-refractivity contribution in [1.82, 2.24) is 29.2 Å².